The van der Waals surface area contributed by atoms with Crippen molar-refractivity contribution in [1.82, 2.24) is 0 Å². The van der Waals surface area contributed by atoms with Crippen LogP contribution in [0.25, 0.3) is 0 Å². The van der Waals surface area contributed by atoms with E-state index >= 15 is 0 Å². The summed E-state index contributed by atoms with van der Waals surface area (Å²) in [6.45, 7) is 2.89. The molecule has 0 N–H and O–H groups in total. The van der Waals surface area contributed by atoms with Crippen LogP contribution in [0, 0.1) is 6.07 Å². The molecule has 1 radical (unpaired) electrons. The van der Waals surface area contributed by atoms with Crippen LogP contribution < -0.4 is 0 Å². The highest BCUT2D eigenvalue weighted by molar-refractivity contribution is 7.94. The molecule has 0 spiro atoms. The molecule has 0 aliphatic rings. The van der Waals surface area contributed by atoms with Crippen molar-refractivity contribution >= 4 is 12.0 Å². The zero-order valence-electron chi connectivity index (χ0n) is 6.54. The monoisotopic (exact) mass is 167 g/mol. The Bertz CT molecular complexity index is 186. The predicted octanol–water partition coefficient (Wildman–Crippen LogP) is 2.92. The first-order valence-electron chi connectivity index (χ1n) is 3.69. The molecule has 0 heterocycles. The first-order valence-corrected chi connectivity index (χ1v) is 4.44. The summed E-state index contributed by atoms with van der Waals surface area (Å²) in [7, 11) is 0. The Hall–Kier alpha value is -0.470. The molecule has 0 amide bonds. The minimum atomic E-state index is 0.799. The maximum Gasteiger partial charge on any atom is 0.0615 e. The molecule has 1 rings (SSSR count). The maximum absolute atomic E-state index is 5.25. The van der Waals surface area contributed by atoms with E-state index in [1.54, 1.807) is 0 Å². The lowest BCUT2D eigenvalue weighted by molar-refractivity contribution is 0.373. The van der Waals surface area contributed by atoms with Gasteiger partial charge in [0.2, 0.25) is 0 Å². The largest absolute Gasteiger partial charge is 0.310 e. The molecule has 1 aromatic carbocycles. The summed E-state index contributed by atoms with van der Waals surface area (Å²) in [5.74, 6) is 0. The van der Waals surface area contributed by atoms with Crippen molar-refractivity contribution in [2.24, 2.45) is 0 Å². The van der Waals surface area contributed by atoms with Gasteiger partial charge in [0.05, 0.1) is 6.61 Å². The summed E-state index contributed by atoms with van der Waals surface area (Å²) < 4.78 is 5.25. The lowest BCUT2D eigenvalue weighted by Crippen LogP contribution is -1.81. The van der Waals surface area contributed by atoms with Crippen LogP contribution in [0.1, 0.15) is 13.3 Å². The molecule has 0 bridgehead atoms. The average Bonchev–Trinajstić information content (AvgIpc) is 2.07. The van der Waals surface area contributed by atoms with Crippen LogP contribution in [0.15, 0.2) is 29.2 Å². The Labute approximate surface area is 72.0 Å². The molecule has 0 fully saturated rings. The van der Waals surface area contributed by atoms with Gasteiger partial charge >= 0.3 is 0 Å². The molecule has 1 nitrogen and oxygen atoms in total. The topological polar surface area (TPSA) is 9.23 Å². The second-order valence-corrected chi connectivity index (χ2v) is 2.97. The molecule has 1 aromatic rings. The van der Waals surface area contributed by atoms with Gasteiger partial charge in [-0.3, -0.25) is 0 Å². The van der Waals surface area contributed by atoms with Crippen LogP contribution >= 0.6 is 12.0 Å². The zero-order chi connectivity index (χ0) is 7.94. The molecule has 0 saturated carbocycles. The minimum Gasteiger partial charge on any atom is -0.310 e. The number of hydrogen-bond donors (Lipinski definition) is 0. The first kappa shape index (κ1) is 8.62. The molecule has 0 aliphatic carbocycles. The van der Waals surface area contributed by atoms with Crippen LogP contribution in [0.3, 0.4) is 0 Å². The fraction of sp³-hybridized carbons (Fsp3) is 0.333. The second-order valence-electron chi connectivity index (χ2n) is 2.13. The summed E-state index contributed by atoms with van der Waals surface area (Å²) >= 11 is 1.39. The smallest absolute Gasteiger partial charge is 0.0615 e. The Morgan fingerprint density at radius 2 is 2.45 bits per heavy atom. The molecule has 0 unspecified atom stereocenters. The molecular formula is C9H11OS. The Morgan fingerprint density at radius 3 is 3.09 bits per heavy atom. The lowest BCUT2D eigenvalue weighted by Gasteiger charge is -1.98. The van der Waals surface area contributed by atoms with Crippen molar-refractivity contribution in [3.63, 3.8) is 0 Å². The van der Waals surface area contributed by atoms with Gasteiger partial charge in [0.1, 0.15) is 0 Å². The summed E-state index contributed by atoms with van der Waals surface area (Å²) in [6.07, 6.45) is 1.06. The van der Waals surface area contributed by atoms with Gasteiger partial charge in [0, 0.05) is 16.9 Å². The van der Waals surface area contributed by atoms with E-state index in [0.29, 0.717) is 0 Å². The molecule has 0 saturated heterocycles. The fourth-order valence-electron chi connectivity index (χ4n) is 0.617. The lowest BCUT2D eigenvalue weighted by atomic mass is 10.4. The minimum absolute atomic E-state index is 0.799. The Balaban J connectivity index is 2.28. The van der Waals surface area contributed by atoms with Gasteiger partial charge in [-0.15, -0.1) is 0 Å². The second kappa shape index (κ2) is 5.22. The normalized spacial score (nSPS) is 9.91. The molecule has 11 heavy (non-hydrogen) atoms. The van der Waals surface area contributed by atoms with Crippen LogP contribution in [0.4, 0.5) is 0 Å². The molecule has 2 heteroatoms. The van der Waals surface area contributed by atoms with Crippen LogP contribution in [-0.4, -0.2) is 6.61 Å². The van der Waals surface area contributed by atoms with Gasteiger partial charge < -0.3 is 4.18 Å². The maximum atomic E-state index is 5.25. The Morgan fingerprint density at radius 1 is 1.55 bits per heavy atom. The van der Waals surface area contributed by atoms with Crippen molar-refractivity contribution in [3.8, 4) is 0 Å². The fourth-order valence-corrected chi connectivity index (χ4v) is 1.24. The van der Waals surface area contributed by atoms with E-state index in [1.165, 1.54) is 12.0 Å². The standard InChI is InChI=1S/C9H11OS/c1-2-8-10-11-9-6-4-3-5-7-9/h3-6H,2,8H2,1H3. The van der Waals surface area contributed by atoms with Gasteiger partial charge in [-0.2, -0.15) is 0 Å². The third-order valence-electron chi connectivity index (χ3n) is 1.12. The predicted molar refractivity (Wildman–Crippen MR) is 47.4 cm³/mol. The third kappa shape index (κ3) is 3.44. The molecular weight excluding hydrogens is 156 g/mol. The molecule has 0 atom stereocenters. The summed E-state index contributed by atoms with van der Waals surface area (Å²) in [5, 5.41) is 0. The van der Waals surface area contributed by atoms with E-state index in [1.807, 2.05) is 24.3 Å². The Kier molecular flexibility index (Phi) is 4.09. The van der Waals surface area contributed by atoms with Crippen molar-refractivity contribution in [3.05, 3.63) is 30.3 Å². The van der Waals surface area contributed by atoms with Gasteiger partial charge in [0.25, 0.3) is 0 Å². The number of hydrogen-bond acceptors (Lipinski definition) is 2. The van der Waals surface area contributed by atoms with Crippen molar-refractivity contribution in [2.75, 3.05) is 6.61 Å². The van der Waals surface area contributed by atoms with Gasteiger partial charge in [-0.25, -0.2) is 0 Å². The van der Waals surface area contributed by atoms with Crippen LogP contribution in [0.5, 0.6) is 0 Å². The van der Waals surface area contributed by atoms with E-state index in [2.05, 4.69) is 13.0 Å². The summed E-state index contributed by atoms with van der Waals surface area (Å²) in [6, 6.07) is 10.9. The van der Waals surface area contributed by atoms with E-state index in [-0.39, 0.29) is 0 Å². The van der Waals surface area contributed by atoms with Crippen molar-refractivity contribution < 1.29 is 4.18 Å². The van der Waals surface area contributed by atoms with Crippen molar-refractivity contribution in [1.29, 1.82) is 0 Å². The van der Waals surface area contributed by atoms with Crippen LogP contribution in [-0.2, 0) is 4.18 Å². The third-order valence-corrected chi connectivity index (χ3v) is 1.83. The SMILES string of the molecule is CCCOSc1[c]cccc1. The first-order chi connectivity index (χ1) is 5.43. The highest BCUT2D eigenvalue weighted by Crippen LogP contribution is 2.17. The molecule has 0 aromatic heterocycles. The van der Waals surface area contributed by atoms with Gasteiger partial charge in [-0.05, 0) is 18.6 Å². The molecule has 0 aliphatic heterocycles. The summed E-state index contributed by atoms with van der Waals surface area (Å²) in [4.78, 5) is 1.04. The van der Waals surface area contributed by atoms with Crippen molar-refractivity contribution in [2.45, 2.75) is 18.2 Å². The number of rotatable bonds is 4. The van der Waals surface area contributed by atoms with E-state index in [4.69, 9.17) is 4.18 Å². The van der Waals surface area contributed by atoms with Gasteiger partial charge in [0.15, 0.2) is 0 Å². The number of benzene rings is 1. The highest BCUT2D eigenvalue weighted by atomic mass is 32.2. The van der Waals surface area contributed by atoms with E-state index < -0.39 is 0 Å². The average molecular weight is 167 g/mol. The van der Waals surface area contributed by atoms with Crippen LogP contribution in [0.2, 0.25) is 0 Å². The quantitative estimate of drug-likeness (QED) is 0.503. The zero-order valence-corrected chi connectivity index (χ0v) is 7.36. The highest BCUT2D eigenvalue weighted by Gasteiger charge is 1.90. The van der Waals surface area contributed by atoms with E-state index in [9.17, 15) is 0 Å². The summed E-state index contributed by atoms with van der Waals surface area (Å²) in [5.41, 5.74) is 0. The van der Waals surface area contributed by atoms with E-state index in [0.717, 1.165) is 17.9 Å². The van der Waals surface area contributed by atoms with Gasteiger partial charge in [-0.1, -0.05) is 25.1 Å². The molecule has 59 valence electrons.